The van der Waals surface area contributed by atoms with Gasteiger partial charge in [-0.1, -0.05) is 30.3 Å². The molecule has 20 heavy (non-hydrogen) atoms. The van der Waals surface area contributed by atoms with Gasteiger partial charge in [0, 0.05) is 6.04 Å². The number of ether oxygens (including phenoxy) is 1. The second kappa shape index (κ2) is 6.28. The van der Waals surface area contributed by atoms with E-state index in [0.717, 1.165) is 12.8 Å². The molecule has 2 heteroatoms. The van der Waals surface area contributed by atoms with E-state index in [1.54, 1.807) is 0 Å². The standard InChI is InChI=1S/C18H27NO/c1-13-7-9-17(20-13)12-16-11-15(8-10-18(16)19)14-5-3-2-4-6-14/h2-6,13,15-18H,7-12,19H2,1H3. The zero-order chi connectivity index (χ0) is 13.9. The van der Waals surface area contributed by atoms with Crippen molar-refractivity contribution >= 4 is 0 Å². The highest BCUT2D eigenvalue weighted by atomic mass is 16.5. The Labute approximate surface area is 122 Å². The molecule has 0 radical (unpaired) electrons. The third-order valence-electron chi connectivity index (χ3n) is 5.20. The third-order valence-corrected chi connectivity index (χ3v) is 5.20. The third kappa shape index (κ3) is 3.24. The Morgan fingerprint density at radius 3 is 2.60 bits per heavy atom. The molecule has 1 aliphatic heterocycles. The maximum absolute atomic E-state index is 6.38. The Balaban J connectivity index is 1.61. The van der Waals surface area contributed by atoms with Crippen molar-refractivity contribution < 1.29 is 4.74 Å². The summed E-state index contributed by atoms with van der Waals surface area (Å²) in [6.45, 7) is 2.19. The fourth-order valence-electron chi connectivity index (χ4n) is 3.98. The van der Waals surface area contributed by atoms with Crippen LogP contribution in [0.2, 0.25) is 0 Å². The summed E-state index contributed by atoms with van der Waals surface area (Å²) < 4.78 is 6.00. The molecule has 2 nitrogen and oxygen atoms in total. The summed E-state index contributed by atoms with van der Waals surface area (Å²) in [5.41, 5.74) is 7.87. The van der Waals surface area contributed by atoms with E-state index < -0.39 is 0 Å². The van der Waals surface area contributed by atoms with Crippen LogP contribution in [0.3, 0.4) is 0 Å². The van der Waals surface area contributed by atoms with Crippen LogP contribution in [-0.4, -0.2) is 18.2 Å². The van der Waals surface area contributed by atoms with E-state index in [4.69, 9.17) is 10.5 Å². The molecule has 0 bridgehead atoms. The van der Waals surface area contributed by atoms with E-state index in [-0.39, 0.29) is 0 Å². The molecule has 5 unspecified atom stereocenters. The average molecular weight is 273 g/mol. The van der Waals surface area contributed by atoms with Crippen LogP contribution in [0, 0.1) is 5.92 Å². The summed E-state index contributed by atoms with van der Waals surface area (Å²) in [6.07, 6.45) is 8.14. The van der Waals surface area contributed by atoms with Crippen molar-refractivity contribution in [3.63, 3.8) is 0 Å². The van der Waals surface area contributed by atoms with E-state index in [9.17, 15) is 0 Å². The Morgan fingerprint density at radius 1 is 1.10 bits per heavy atom. The van der Waals surface area contributed by atoms with Crippen molar-refractivity contribution in [3.8, 4) is 0 Å². The van der Waals surface area contributed by atoms with Gasteiger partial charge < -0.3 is 10.5 Å². The van der Waals surface area contributed by atoms with Crippen molar-refractivity contribution in [2.75, 3.05) is 0 Å². The average Bonchev–Trinajstić information content (AvgIpc) is 2.88. The minimum Gasteiger partial charge on any atom is -0.375 e. The highest BCUT2D eigenvalue weighted by Gasteiger charge is 2.33. The Hall–Kier alpha value is -0.860. The summed E-state index contributed by atoms with van der Waals surface area (Å²) in [6, 6.07) is 11.3. The predicted molar refractivity (Wildman–Crippen MR) is 82.7 cm³/mol. The molecule has 2 fully saturated rings. The van der Waals surface area contributed by atoms with Crippen LogP contribution < -0.4 is 5.73 Å². The SMILES string of the molecule is CC1CCC(CC2CC(c3ccccc3)CCC2N)O1. The molecule has 110 valence electrons. The van der Waals surface area contributed by atoms with Gasteiger partial charge in [-0.3, -0.25) is 0 Å². The number of nitrogens with two attached hydrogens (primary N) is 1. The highest BCUT2D eigenvalue weighted by Crippen LogP contribution is 2.39. The maximum atomic E-state index is 6.38. The summed E-state index contributed by atoms with van der Waals surface area (Å²) in [5.74, 6) is 1.32. The minimum absolute atomic E-state index is 0.370. The van der Waals surface area contributed by atoms with Gasteiger partial charge in [0.2, 0.25) is 0 Å². The van der Waals surface area contributed by atoms with E-state index in [1.807, 2.05) is 0 Å². The summed E-state index contributed by atoms with van der Waals surface area (Å²) in [4.78, 5) is 0. The molecule has 1 aliphatic carbocycles. The molecular formula is C18H27NO. The molecule has 1 saturated heterocycles. The first-order valence-corrected chi connectivity index (χ1v) is 8.18. The van der Waals surface area contributed by atoms with Gasteiger partial charge in [0.05, 0.1) is 12.2 Å². The number of hydrogen-bond acceptors (Lipinski definition) is 2. The van der Waals surface area contributed by atoms with E-state index in [1.165, 1.54) is 31.2 Å². The van der Waals surface area contributed by atoms with Crippen LogP contribution in [0.15, 0.2) is 30.3 Å². The van der Waals surface area contributed by atoms with E-state index in [0.29, 0.717) is 30.1 Å². The van der Waals surface area contributed by atoms with Crippen molar-refractivity contribution in [1.82, 2.24) is 0 Å². The molecule has 2 N–H and O–H groups in total. The van der Waals surface area contributed by atoms with Gasteiger partial charge in [0.1, 0.15) is 0 Å². The fourth-order valence-corrected chi connectivity index (χ4v) is 3.98. The lowest BCUT2D eigenvalue weighted by atomic mass is 9.73. The summed E-state index contributed by atoms with van der Waals surface area (Å²) in [7, 11) is 0. The molecule has 0 amide bonds. The first-order valence-electron chi connectivity index (χ1n) is 8.18. The van der Waals surface area contributed by atoms with Gasteiger partial charge in [-0.25, -0.2) is 0 Å². The Bertz CT molecular complexity index is 419. The summed E-state index contributed by atoms with van der Waals surface area (Å²) in [5, 5.41) is 0. The molecule has 1 saturated carbocycles. The van der Waals surface area contributed by atoms with Crippen LogP contribution in [-0.2, 0) is 4.74 Å². The second-order valence-corrected chi connectivity index (χ2v) is 6.73. The highest BCUT2D eigenvalue weighted by molar-refractivity contribution is 5.20. The normalized spacial score (nSPS) is 38.0. The smallest absolute Gasteiger partial charge is 0.0583 e. The zero-order valence-corrected chi connectivity index (χ0v) is 12.5. The van der Waals surface area contributed by atoms with Gasteiger partial charge in [-0.15, -0.1) is 0 Å². The topological polar surface area (TPSA) is 35.2 Å². The maximum Gasteiger partial charge on any atom is 0.0583 e. The molecule has 1 aromatic rings. The Kier molecular flexibility index (Phi) is 4.42. The van der Waals surface area contributed by atoms with E-state index >= 15 is 0 Å². The van der Waals surface area contributed by atoms with Crippen LogP contribution >= 0.6 is 0 Å². The van der Waals surface area contributed by atoms with Crippen LogP contribution in [0.1, 0.15) is 56.9 Å². The molecule has 5 atom stereocenters. The first kappa shape index (κ1) is 14.1. The van der Waals surface area contributed by atoms with Crippen LogP contribution in [0.4, 0.5) is 0 Å². The lowest BCUT2D eigenvalue weighted by Gasteiger charge is -2.35. The molecule has 0 aromatic heterocycles. The quantitative estimate of drug-likeness (QED) is 0.907. The second-order valence-electron chi connectivity index (χ2n) is 6.73. The lowest BCUT2D eigenvalue weighted by molar-refractivity contribution is 0.0333. The predicted octanol–water partition coefficient (Wildman–Crippen LogP) is 3.86. The Morgan fingerprint density at radius 2 is 1.90 bits per heavy atom. The molecular weight excluding hydrogens is 246 g/mol. The molecule has 1 aromatic carbocycles. The summed E-state index contributed by atoms with van der Waals surface area (Å²) >= 11 is 0. The van der Waals surface area contributed by atoms with Crippen molar-refractivity contribution in [3.05, 3.63) is 35.9 Å². The van der Waals surface area contributed by atoms with Gasteiger partial charge in [-0.2, -0.15) is 0 Å². The van der Waals surface area contributed by atoms with Crippen molar-refractivity contribution in [2.24, 2.45) is 11.7 Å². The number of hydrogen-bond donors (Lipinski definition) is 1. The van der Waals surface area contributed by atoms with E-state index in [2.05, 4.69) is 37.3 Å². The van der Waals surface area contributed by atoms with Crippen molar-refractivity contribution in [1.29, 1.82) is 0 Å². The van der Waals surface area contributed by atoms with Crippen molar-refractivity contribution in [2.45, 2.75) is 69.6 Å². The molecule has 3 rings (SSSR count). The van der Waals surface area contributed by atoms with Gasteiger partial charge >= 0.3 is 0 Å². The largest absolute Gasteiger partial charge is 0.375 e. The molecule has 1 heterocycles. The van der Waals surface area contributed by atoms with Crippen LogP contribution in [0.25, 0.3) is 0 Å². The van der Waals surface area contributed by atoms with Crippen LogP contribution in [0.5, 0.6) is 0 Å². The minimum atomic E-state index is 0.370. The molecule has 0 spiro atoms. The zero-order valence-electron chi connectivity index (χ0n) is 12.5. The fraction of sp³-hybridized carbons (Fsp3) is 0.667. The first-order chi connectivity index (χ1) is 9.72. The number of benzene rings is 1. The number of rotatable bonds is 3. The molecule has 2 aliphatic rings. The van der Waals surface area contributed by atoms with Gasteiger partial charge in [-0.05, 0) is 62.8 Å². The lowest BCUT2D eigenvalue weighted by Crippen LogP contribution is -2.37. The monoisotopic (exact) mass is 273 g/mol. The van der Waals surface area contributed by atoms with Gasteiger partial charge in [0.15, 0.2) is 0 Å². The van der Waals surface area contributed by atoms with Gasteiger partial charge in [0.25, 0.3) is 0 Å².